The number of hydrogen-bond donors (Lipinski definition) is 0. The van der Waals surface area contributed by atoms with E-state index >= 15 is 0 Å². The first-order valence-corrected chi connectivity index (χ1v) is 8.76. The lowest BCUT2D eigenvalue weighted by Gasteiger charge is -2.20. The maximum atomic E-state index is 6.85. The van der Waals surface area contributed by atoms with Gasteiger partial charge in [-0.1, -0.05) is 32.9 Å². The van der Waals surface area contributed by atoms with E-state index in [-0.39, 0.29) is 5.38 Å². The van der Waals surface area contributed by atoms with Gasteiger partial charge in [-0.25, -0.2) is 0 Å². The standard InChI is InChI=1S/C18H23ClS/c1-5-13-10-14(6-2)16(15(7-3)11-13)17(19)18-12(4)8-9-20-18/h8-11,17H,5-7H2,1-4H3. The largest absolute Gasteiger partial charge is 0.147 e. The number of benzene rings is 1. The van der Waals surface area contributed by atoms with E-state index < -0.39 is 0 Å². The van der Waals surface area contributed by atoms with Crippen molar-refractivity contribution in [2.45, 2.75) is 52.3 Å². The Labute approximate surface area is 131 Å². The molecule has 0 saturated carbocycles. The van der Waals surface area contributed by atoms with Crippen molar-refractivity contribution in [2.24, 2.45) is 0 Å². The molecule has 1 heterocycles. The zero-order valence-corrected chi connectivity index (χ0v) is 14.4. The highest BCUT2D eigenvalue weighted by atomic mass is 35.5. The van der Waals surface area contributed by atoms with Crippen molar-refractivity contribution >= 4 is 22.9 Å². The Hall–Kier alpha value is -0.790. The Morgan fingerprint density at radius 2 is 1.65 bits per heavy atom. The molecular weight excluding hydrogens is 284 g/mol. The highest BCUT2D eigenvalue weighted by Gasteiger charge is 2.20. The maximum absolute atomic E-state index is 6.85. The minimum Gasteiger partial charge on any atom is -0.147 e. The van der Waals surface area contributed by atoms with Gasteiger partial charge in [-0.3, -0.25) is 0 Å². The molecule has 0 aliphatic carbocycles. The van der Waals surface area contributed by atoms with Gasteiger partial charge in [0.1, 0.15) is 0 Å². The summed E-state index contributed by atoms with van der Waals surface area (Å²) in [6, 6.07) is 6.84. The molecule has 1 unspecified atom stereocenters. The van der Waals surface area contributed by atoms with Crippen molar-refractivity contribution < 1.29 is 0 Å². The molecule has 2 rings (SSSR count). The number of rotatable bonds is 5. The number of aryl methyl sites for hydroxylation is 4. The van der Waals surface area contributed by atoms with Crippen LogP contribution in [0, 0.1) is 6.92 Å². The summed E-state index contributed by atoms with van der Waals surface area (Å²) in [7, 11) is 0. The first-order valence-electron chi connectivity index (χ1n) is 7.44. The van der Waals surface area contributed by atoms with Crippen LogP contribution in [0.5, 0.6) is 0 Å². The number of alkyl halides is 1. The third-order valence-corrected chi connectivity index (χ3v) is 5.62. The molecule has 0 amide bonds. The van der Waals surface area contributed by atoms with Gasteiger partial charge in [0.05, 0.1) is 5.38 Å². The second kappa shape index (κ2) is 6.78. The Bertz CT molecular complexity index is 558. The van der Waals surface area contributed by atoms with Crippen LogP contribution in [-0.4, -0.2) is 0 Å². The summed E-state index contributed by atoms with van der Waals surface area (Å²) in [5, 5.41) is 2.13. The zero-order valence-electron chi connectivity index (χ0n) is 12.8. The fraction of sp³-hybridized carbons (Fsp3) is 0.444. The van der Waals surface area contributed by atoms with E-state index in [4.69, 9.17) is 11.6 Å². The second-order valence-corrected chi connectivity index (χ2v) is 6.60. The summed E-state index contributed by atoms with van der Waals surface area (Å²) in [6.45, 7) is 8.82. The number of hydrogen-bond acceptors (Lipinski definition) is 1. The summed E-state index contributed by atoms with van der Waals surface area (Å²) in [4.78, 5) is 1.29. The molecule has 0 nitrogen and oxygen atoms in total. The smallest absolute Gasteiger partial charge is 0.0935 e. The van der Waals surface area contributed by atoms with Gasteiger partial charge in [-0.05, 0) is 65.4 Å². The fourth-order valence-electron chi connectivity index (χ4n) is 2.74. The molecular formula is C18H23ClS. The van der Waals surface area contributed by atoms with Crippen LogP contribution in [0.25, 0.3) is 0 Å². The van der Waals surface area contributed by atoms with Crippen molar-refractivity contribution in [3.05, 3.63) is 56.3 Å². The first kappa shape index (κ1) is 15.6. The average molecular weight is 307 g/mol. The lowest BCUT2D eigenvalue weighted by molar-refractivity contribution is 0.969. The van der Waals surface area contributed by atoms with Gasteiger partial charge >= 0.3 is 0 Å². The second-order valence-electron chi connectivity index (χ2n) is 5.22. The van der Waals surface area contributed by atoms with Crippen LogP contribution in [0.2, 0.25) is 0 Å². The van der Waals surface area contributed by atoms with Crippen LogP contribution in [0.15, 0.2) is 23.6 Å². The number of halogens is 1. The van der Waals surface area contributed by atoms with Crippen molar-refractivity contribution in [1.29, 1.82) is 0 Å². The van der Waals surface area contributed by atoms with Crippen molar-refractivity contribution in [3.63, 3.8) is 0 Å². The molecule has 1 atom stereocenters. The average Bonchev–Trinajstić information content (AvgIpc) is 2.91. The molecule has 20 heavy (non-hydrogen) atoms. The van der Waals surface area contributed by atoms with Gasteiger partial charge in [-0.15, -0.1) is 22.9 Å². The van der Waals surface area contributed by atoms with E-state index in [9.17, 15) is 0 Å². The van der Waals surface area contributed by atoms with Crippen LogP contribution in [-0.2, 0) is 19.3 Å². The van der Waals surface area contributed by atoms with Gasteiger partial charge in [0.25, 0.3) is 0 Å². The third kappa shape index (κ3) is 2.94. The van der Waals surface area contributed by atoms with Crippen molar-refractivity contribution in [3.8, 4) is 0 Å². The predicted molar refractivity (Wildman–Crippen MR) is 91.3 cm³/mol. The molecule has 0 radical (unpaired) electrons. The third-order valence-electron chi connectivity index (χ3n) is 3.97. The first-order chi connectivity index (χ1) is 9.62. The lowest BCUT2D eigenvalue weighted by atomic mass is 9.90. The highest BCUT2D eigenvalue weighted by Crippen LogP contribution is 2.39. The van der Waals surface area contributed by atoms with Gasteiger partial charge in [0.2, 0.25) is 0 Å². The van der Waals surface area contributed by atoms with Gasteiger partial charge in [0, 0.05) is 4.88 Å². The van der Waals surface area contributed by atoms with Gasteiger partial charge in [-0.2, -0.15) is 0 Å². The van der Waals surface area contributed by atoms with E-state index in [1.165, 1.54) is 32.7 Å². The molecule has 0 aliphatic rings. The topological polar surface area (TPSA) is 0 Å². The zero-order chi connectivity index (χ0) is 14.7. The van der Waals surface area contributed by atoms with Crippen LogP contribution >= 0.6 is 22.9 Å². The number of thiophene rings is 1. The summed E-state index contributed by atoms with van der Waals surface area (Å²) in [6.07, 6.45) is 3.18. The molecule has 0 bridgehead atoms. The normalized spacial score (nSPS) is 12.7. The summed E-state index contributed by atoms with van der Waals surface area (Å²) >= 11 is 8.62. The molecule has 108 valence electrons. The Balaban J connectivity index is 2.57. The quantitative estimate of drug-likeness (QED) is 0.588. The molecule has 0 spiro atoms. The Morgan fingerprint density at radius 3 is 2.05 bits per heavy atom. The summed E-state index contributed by atoms with van der Waals surface area (Å²) < 4.78 is 0. The predicted octanol–water partition coefficient (Wildman–Crippen LogP) is 6.07. The van der Waals surface area contributed by atoms with Gasteiger partial charge < -0.3 is 0 Å². The van der Waals surface area contributed by atoms with Gasteiger partial charge in [0.15, 0.2) is 0 Å². The molecule has 2 aromatic rings. The Morgan fingerprint density at radius 1 is 1.05 bits per heavy atom. The van der Waals surface area contributed by atoms with Crippen LogP contribution in [0.1, 0.15) is 58.8 Å². The van der Waals surface area contributed by atoms with E-state index in [1.54, 1.807) is 11.3 Å². The molecule has 0 N–H and O–H groups in total. The van der Waals surface area contributed by atoms with Crippen molar-refractivity contribution in [2.75, 3.05) is 0 Å². The minimum atomic E-state index is -0.00851. The Kier molecular flexibility index (Phi) is 5.29. The van der Waals surface area contributed by atoms with Crippen LogP contribution < -0.4 is 0 Å². The molecule has 1 aromatic carbocycles. The van der Waals surface area contributed by atoms with Crippen LogP contribution in [0.3, 0.4) is 0 Å². The molecule has 1 aromatic heterocycles. The van der Waals surface area contributed by atoms with Crippen LogP contribution in [0.4, 0.5) is 0 Å². The van der Waals surface area contributed by atoms with E-state index in [0.717, 1.165) is 19.3 Å². The SMILES string of the molecule is CCc1cc(CC)c(C(Cl)c2sccc2C)c(CC)c1. The molecule has 0 saturated heterocycles. The van der Waals surface area contributed by atoms with Crippen molar-refractivity contribution in [1.82, 2.24) is 0 Å². The molecule has 0 aliphatic heterocycles. The maximum Gasteiger partial charge on any atom is 0.0935 e. The van der Waals surface area contributed by atoms with E-state index in [0.29, 0.717) is 0 Å². The fourth-order valence-corrected chi connectivity index (χ4v) is 4.26. The summed E-state index contributed by atoms with van der Waals surface area (Å²) in [5.41, 5.74) is 6.90. The van der Waals surface area contributed by atoms with E-state index in [1.807, 2.05) is 0 Å². The summed E-state index contributed by atoms with van der Waals surface area (Å²) in [5.74, 6) is 0. The van der Waals surface area contributed by atoms with E-state index in [2.05, 4.69) is 51.3 Å². The molecule has 0 fully saturated rings. The highest BCUT2D eigenvalue weighted by molar-refractivity contribution is 7.10. The monoisotopic (exact) mass is 306 g/mol. The lowest BCUT2D eigenvalue weighted by Crippen LogP contribution is -2.05. The molecule has 2 heteroatoms. The minimum absolute atomic E-state index is 0.00851.